The van der Waals surface area contributed by atoms with Crippen LogP contribution in [0.15, 0.2) is 6.33 Å². The van der Waals surface area contributed by atoms with E-state index >= 15 is 0 Å². The highest BCUT2D eigenvalue weighted by Crippen LogP contribution is 2.66. The molecule has 0 aromatic carbocycles. The summed E-state index contributed by atoms with van der Waals surface area (Å²) in [6, 6.07) is -0.251. The first-order chi connectivity index (χ1) is 18.0. The Kier molecular flexibility index (Phi) is 10.2. The van der Waals surface area contributed by atoms with E-state index in [9.17, 15) is 33.7 Å². The smallest absolute Gasteiger partial charge is 0.387 e. The number of anilines is 2. The molecule has 20 nitrogen and oxygen atoms in total. The molecule has 7 atom stereocenters. The number of aliphatic hydroxyl groups excluding tert-OH is 2. The Morgan fingerprint density at radius 2 is 1.82 bits per heavy atom. The van der Waals surface area contributed by atoms with Crippen molar-refractivity contribution in [1.29, 1.82) is 0 Å². The molecule has 0 radical (unpaired) electrons. The van der Waals surface area contributed by atoms with Crippen molar-refractivity contribution in [3.05, 3.63) is 6.33 Å². The summed E-state index contributed by atoms with van der Waals surface area (Å²) in [5.41, 5.74) is 12.3. The normalized spacial score (nSPS) is 25.8. The molecule has 0 aliphatic carbocycles. The summed E-state index contributed by atoms with van der Waals surface area (Å²) < 4.78 is 53.0. The number of rotatable bonds is 14. The summed E-state index contributed by atoms with van der Waals surface area (Å²) in [7, 11) is -16.8. The van der Waals surface area contributed by atoms with E-state index in [4.69, 9.17) is 26.0 Å². The van der Waals surface area contributed by atoms with Gasteiger partial charge in [-0.2, -0.15) is 8.62 Å². The lowest BCUT2D eigenvalue weighted by molar-refractivity contribution is -0.0493. The highest BCUT2D eigenvalue weighted by Gasteiger charge is 2.47. The minimum atomic E-state index is -5.75. The van der Waals surface area contributed by atoms with Gasteiger partial charge in [0.1, 0.15) is 24.6 Å². The van der Waals surface area contributed by atoms with Crippen LogP contribution in [-0.4, -0.2) is 86.8 Å². The maximum atomic E-state index is 12.0. The largest absolute Gasteiger partial charge is 0.490 e. The van der Waals surface area contributed by atoms with Crippen molar-refractivity contribution in [2.45, 2.75) is 56.8 Å². The lowest BCUT2D eigenvalue weighted by atomic mass is 10.1. The second kappa shape index (κ2) is 12.5. The average molecular weight is 621 g/mol. The molecule has 2 aromatic heterocycles. The third-order valence-electron chi connectivity index (χ3n) is 5.37. The third kappa shape index (κ3) is 8.45. The molecule has 1 saturated heterocycles. The first-order valence-corrected chi connectivity index (χ1v) is 15.8. The van der Waals surface area contributed by atoms with Gasteiger partial charge < -0.3 is 51.3 Å². The lowest BCUT2D eigenvalue weighted by Crippen LogP contribution is -2.34. The van der Waals surface area contributed by atoms with Crippen LogP contribution in [0.2, 0.25) is 0 Å². The zero-order chi connectivity index (χ0) is 29.2. The summed E-state index contributed by atoms with van der Waals surface area (Å²) >= 11 is 0. The fourth-order valence-corrected chi connectivity index (χ4v) is 6.66. The van der Waals surface area contributed by atoms with Gasteiger partial charge in [-0.15, -0.1) is 0 Å². The van der Waals surface area contributed by atoms with Gasteiger partial charge in [-0.25, -0.2) is 28.6 Å². The quantitative estimate of drug-likeness (QED) is 0.118. The van der Waals surface area contributed by atoms with Gasteiger partial charge in [0.2, 0.25) is 5.95 Å². The summed E-state index contributed by atoms with van der Waals surface area (Å²) in [6.45, 7) is 1.29. The number of nitrogens with two attached hydrogens (primary N) is 2. The number of phosphoric ester groups is 1. The molecule has 39 heavy (non-hydrogen) atoms. The number of imidazole rings is 1. The van der Waals surface area contributed by atoms with Crippen LogP contribution >= 0.6 is 23.5 Å². The van der Waals surface area contributed by atoms with E-state index in [1.807, 2.05) is 6.92 Å². The maximum Gasteiger partial charge on any atom is 0.490 e. The summed E-state index contributed by atoms with van der Waals surface area (Å²) in [4.78, 5) is 48.5. The molecule has 222 valence electrons. The van der Waals surface area contributed by atoms with Crippen LogP contribution in [0.4, 0.5) is 11.8 Å². The van der Waals surface area contributed by atoms with Gasteiger partial charge in [0.15, 0.2) is 23.2 Å². The van der Waals surface area contributed by atoms with Crippen molar-refractivity contribution in [1.82, 2.24) is 19.5 Å². The molecule has 1 aliphatic rings. The Bertz CT molecular complexity index is 1290. The fourth-order valence-electron chi connectivity index (χ4n) is 3.63. The summed E-state index contributed by atoms with van der Waals surface area (Å²) in [6.07, 6.45) is -2.64. The van der Waals surface area contributed by atoms with Gasteiger partial charge >= 0.3 is 23.5 Å². The van der Waals surface area contributed by atoms with Crippen LogP contribution in [0.5, 0.6) is 0 Å². The molecule has 3 unspecified atom stereocenters. The van der Waals surface area contributed by atoms with Gasteiger partial charge in [-0.1, -0.05) is 19.8 Å². The first kappa shape index (κ1) is 31.9. The molecule has 0 amide bonds. The van der Waals surface area contributed by atoms with E-state index in [0.717, 1.165) is 25.6 Å². The van der Waals surface area contributed by atoms with Crippen LogP contribution in [0.3, 0.4) is 0 Å². The Balaban J connectivity index is 1.79. The molecule has 23 heteroatoms. The van der Waals surface area contributed by atoms with Gasteiger partial charge in [-0.3, -0.25) is 9.09 Å². The van der Waals surface area contributed by atoms with Crippen LogP contribution < -0.4 is 16.8 Å². The molecule has 0 bridgehead atoms. The number of hydrogen-bond acceptors (Lipinski definition) is 15. The molecular weight excluding hydrogens is 591 g/mol. The maximum absolute atomic E-state index is 12.0. The topological polar surface area (TPSA) is 317 Å². The summed E-state index contributed by atoms with van der Waals surface area (Å²) in [5, 5.41) is 24.3. The minimum absolute atomic E-state index is 0.00863. The third-order valence-corrected chi connectivity index (χ3v) is 9.17. The monoisotopic (exact) mass is 621 g/mol. The van der Waals surface area contributed by atoms with Crippen LogP contribution in [0, 0.1) is 0 Å². The second-order valence-electron chi connectivity index (χ2n) is 8.45. The fraction of sp³-hybridized carbons (Fsp3) is 0.688. The average Bonchev–Trinajstić information content (AvgIpc) is 3.30. The number of phosphoric acid groups is 3. The molecule has 3 heterocycles. The highest BCUT2D eigenvalue weighted by molar-refractivity contribution is 7.66. The number of nitrogens with zero attached hydrogens (tertiary/aromatic N) is 4. The van der Waals surface area contributed by atoms with E-state index in [2.05, 4.69) is 33.4 Å². The van der Waals surface area contributed by atoms with Crippen molar-refractivity contribution in [3.63, 3.8) is 0 Å². The van der Waals surface area contributed by atoms with Gasteiger partial charge in [-0.05, 0) is 6.42 Å². The zero-order valence-electron chi connectivity index (χ0n) is 20.3. The van der Waals surface area contributed by atoms with Crippen molar-refractivity contribution >= 4 is 46.4 Å². The van der Waals surface area contributed by atoms with Crippen LogP contribution in [-0.2, 0) is 31.6 Å². The Morgan fingerprint density at radius 3 is 2.46 bits per heavy atom. The van der Waals surface area contributed by atoms with Crippen molar-refractivity contribution in [3.8, 4) is 0 Å². The Hall–Kier alpha value is -1.60. The number of aromatic nitrogens is 4. The van der Waals surface area contributed by atoms with E-state index < -0.39 is 54.6 Å². The van der Waals surface area contributed by atoms with Crippen molar-refractivity contribution < 1.29 is 61.4 Å². The van der Waals surface area contributed by atoms with E-state index in [1.165, 1.54) is 4.57 Å². The molecule has 0 saturated carbocycles. The Labute approximate surface area is 220 Å². The molecule has 1 fully saturated rings. The minimum Gasteiger partial charge on any atom is -0.387 e. The SMILES string of the molecule is CCCCC(N)CNc1nc2c(N)ncnc2n1[C@@H]1O[C@H](COP(=O)(O)OP(=O)(O)OP(=O)(O)O)[C@@H](O)[C@H]1O. The van der Waals surface area contributed by atoms with E-state index in [1.54, 1.807) is 0 Å². The highest BCUT2D eigenvalue weighted by atomic mass is 31.3. The lowest BCUT2D eigenvalue weighted by Gasteiger charge is -2.21. The van der Waals surface area contributed by atoms with Gasteiger partial charge in [0.25, 0.3) is 0 Å². The Morgan fingerprint density at radius 1 is 1.13 bits per heavy atom. The summed E-state index contributed by atoms with van der Waals surface area (Å²) in [5.74, 6) is 0.114. The predicted octanol–water partition coefficient (Wildman–Crippen LogP) is -0.700. The van der Waals surface area contributed by atoms with E-state index in [-0.39, 0.29) is 35.5 Å². The number of hydrogen-bond donors (Lipinski definition) is 9. The zero-order valence-corrected chi connectivity index (χ0v) is 23.0. The molecule has 2 aromatic rings. The molecular formula is C16H30N7O13P3. The molecule has 3 rings (SSSR count). The number of aliphatic hydroxyl groups is 2. The first-order valence-electron chi connectivity index (χ1n) is 11.3. The number of unbranched alkanes of at least 4 members (excludes halogenated alkanes) is 1. The standard InChI is InChI=1S/C16H30N7O13P3/c1-2-3-4-8(17)5-19-16-22-10-13(18)20-7-21-14(10)23(16)15-12(25)11(24)9(34-15)6-33-38(29,30)36-39(31,32)35-37(26,27)28/h7-9,11-12,15,24-25H,2-6,17H2,1H3,(H,19,22)(H,29,30)(H,31,32)(H2,18,20,21)(H2,26,27,28)/t8?,9-,11-,12-,15-/m1/s1. The molecule has 1 aliphatic heterocycles. The van der Waals surface area contributed by atoms with Crippen LogP contribution in [0.1, 0.15) is 32.4 Å². The van der Waals surface area contributed by atoms with E-state index in [0.29, 0.717) is 0 Å². The number of nitrogens with one attached hydrogen (secondary N) is 1. The second-order valence-corrected chi connectivity index (χ2v) is 12.9. The number of ether oxygens (including phenoxy) is 1. The number of nitrogen functional groups attached to an aromatic ring is 1. The molecule has 11 N–H and O–H groups in total. The predicted molar refractivity (Wildman–Crippen MR) is 131 cm³/mol. The number of fused-ring (bicyclic) bond motifs is 1. The van der Waals surface area contributed by atoms with Crippen molar-refractivity contribution in [2.24, 2.45) is 5.73 Å². The van der Waals surface area contributed by atoms with Crippen LogP contribution in [0.25, 0.3) is 11.2 Å². The van der Waals surface area contributed by atoms with Gasteiger partial charge in [0.05, 0.1) is 6.61 Å². The van der Waals surface area contributed by atoms with Gasteiger partial charge in [0, 0.05) is 12.6 Å². The molecule has 0 spiro atoms. The van der Waals surface area contributed by atoms with Crippen molar-refractivity contribution in [2.75, 3.05) is 24.2 Å².